The molecule has 1 fully saturated rings. The van der Waals surface area contributed by atoms with Crippen molar-refractivity contribution in [3.63, 3.8) is 0 Å². The van der Waals surface area contributed by atoms with Crippen LogP contribution in [-0.4, -0.2) is 19.2 Å². The van der Waals surface area contributed by atoms with Gasteiger partial charge in [0.15, 0.2) is 0 Å². The van der Waals surface area contributed by atoms with Gasteiger partial charge in [-0.05, 0) is 40.9 Å². The lowest BCUT2D eigenvalue weighted by Gasteiger charge is -2.27. The molecule has 2 nitrogen and oxygen atoms in total. The van der Waals surface area contributed by atoms with Gasteiger partial charge >= 0.3 is 0 Å². The lowest BCUT2D eigenvalue weighted by Crippen LogP contribution is -2.30. The van der Waals surface area contributed by atoms with Gasteiger partial charge < -0.3 is 10.1 Å². The van der Waals surface area contributed by atoms with E-state index >= 15 is 0 Å². The fourth-order valence-corrected chi connectivity index (χ4v) is 3.26. The van der Waals surface area contributed by atoms with Gasteiger partial charge in [0.1, 0.15) is 12.4 Å². The van der Waals surface area contributed by atoms with Gasteiger partial charge in [-0.3, -0.25) is 0 Å². The Kier molecular flexibility index (Phi) is 5.78. The summed E-state index contributed by atoms with van der Waals surface area (Å²) >= 11 is 0. The van der Waals surface area contributed by atoms with Crippen LogP contribution in [0, 0.1) is 0 Å². The highest BCUT2D eigenvalue weighted by atomic mass is 16.5. The van der Waals surface area contributed by atoms with Gasteiger partial charge in [0, 0.05) is 12.6 Å². The third-order valence-electron chi connectivity index (χ3n) is 4.80. The number of hydrogen-bond acceptors (Lipinski definition) is 2. The number of benzene rings is 1. The van der Waals surface area contributed by atoms with Gasteiger partial charge in [-0.25, -0.2) is 0 Å². The first-order valence-corrected chi connectivity index (χ1v) is 9.19. The minimum Gasteiger partial charge on any atom is -0.492 e. The molecule has 1 N–H and O–H groups in total. The van der Waals surface area contributed by atoms with Crippen LogP contribution in [0.3, 0.4) is 0 Å². The van der Waals surface area contributed by atoms with E-state index in [-0.39, 0.29) is 10.8 Å². The molecule has 1 aliphatic carbocycles. The van der Waals surface area contributed by atoms with Gasteiger partial charge in [0.2, 0.25) is 0 Å². The average molecular weight is 318 g/mol. The standard InChI is InChI=1S/C21H35NO/c1-20(2,3)16-11-12-19(18(15-16)21(4,5)6)23-14-13-22-17-9-7-8-10-17/h11-12,15,17,22H,7-10,13-14H2,1-6H3. The molecule has 0 saturated heterocycles. The molecule has 0 radical (unpaired) electrons. The zero-order valence-electron chi connectivity index (χ0n) is 16.0. The molecule has 1 aromatic rings. The lowest BCUT2D eigenvalue weighted by molar-refractivity contribution is 0.297. The molecule has 0 bridgehead atoms. The zero-order chi connectivity index (χ0) is 17.1. The number of rotatable bonds is 5. The van der Waals surface area contributed by atoms with Crippen molar-refractivity contribution >= 4 is 0 Å². The predicted octanol–water partition coefficient (Wildman–Crippen LogP) is 5.19. The van der Waals surface area contributed by atoms with Crippen molar-refractivity contribution in [2.75, 3.05) is 13.2 Å². The number of hydrogen-bond donors (Lipinski definition) is 1. The minimum absolute atomic E-state index is 0.0927. The van der Waals surface area contributed by atoms with Crippen LogP contribution in [0.5, 0.6) is 5.75 Å². The average Bonchev–Trinajstić information content (AvgIpc) is 2.94. The van der Waals surface area contributed by atoms with Crippen molar-refractivity contribution in [2.24, 2.45) is 0 Å². The maximum atomic E-state index is 6.13. The van der Waals surface area contributed by atoms with Crippen molar-refractivity contribution in [2.45, 2.75) is 84.1 Å². The van der Waals surface area contributed by atoms with Gasteiger partial charge in [-0.15, -0.1) is 0 Å². The Bertz CT molecular complexity index is 502. The lowest BCUT2D eigenvalue weighted by atomic mass is 9.80. The topological polar surface area (TPSA) is 21.3 Å². The predicted molar refractivity (Wildman–Crippen MR) is 99.6 cm³/mol. The second-order valence-electron chi connectivity index (χ2n) is 8.99. The fraction of sp³-hybridized carbons (Fsp3) is 0.714. The van der Waals surface area contributed by atoms with Crippen molar-refractivity contribution in [1.82, 2.24) is 5.32 Å². The van der Waals surface area contributed by atoms with Crippen LogP contribution in [-0.2, 0) is 10.8 Å². The highest BCUT2D eigenvalue weighted by Crippen LogP contribution is 2.35. The molecule has 1 saturated carbocycles. The molecule has 2 rings (SSSR count). The summed E-state index contributed by atoms with van der Waals surface area (Å²) in [6.07, 6.45) is 5.41. The van der Waals surface area contributed by atoms with Crippen LogP contribution < -0.4 is 10.1 Å². The van der Waals surface area contributed by atoms with E-state index in [1.807, 2.05) is 0 Å². The van der Waals surface area contributed by atoms with Gasteiger partial charge in [-0.1, -0.05) is 66.5 Å². The third kappa shape index (κ3) is 5.24. The molecule has 0 atom stereocenters. The summed E-state index contributed by atoms with van der Waals surface area (Å²) < 4.78 is 6.13. The first kappa shape index (κ1) is 18.3. The normalized spacial score (nSPS) is 16.8. The van der Waals surface area contributed by atoms with Crippen LogP contribution in [0.25, 0.3) is 0 Å². The summed E-state index contributed by atoms with van der Waals surface area (Å²) in [4.78, 5) is 0. The van der Waals surface area contributed by atoms with Crippen molar-refractivity contribution in [3.8, 4) is 5.75 Å². The number of ether oxygens (including phenoxy) is 1. The van der Waals surface area contributed by atoms with E-state index in [0.29, 0.717) is 6.04 Å². The summed E-state index contributed by atoms with van der Waals surface area (Å²) in [5.74, 6) is 1.04. The molecule has 0 amide bonds. The maximum Gasteiger partial charge on any atom is 0.123 e. The molecular weight excluding hydrogens is 282 g/mol. The maximum absolute atomic E-state index is 6.13. The largest absolute Gasteiger partial charge is 0.492 e. The molecule has 23 heavy (non-hydrogen) atoms. The SMILES string of the molecule is CC(C)(C)c1ccc(OCCNC2CCCC2)c(C(C)(C)C)c1. The molecule has 130 valence electrons. The smallest absolute Gasteiger partial charge is 0.123 e. The van der Waals surface area contributed by atoms with E-state index < -0.39 is 0 Å². The van der Waals surface area contributed by atoms with Crippen LogP contribution in [0.1, 0.15) is 78.4 Å². The Hall–Kier alpha value is -1.02. The van der Waals surface area contributed by atoms with E-state index in [2.05, 4.69) is 65.1 Å². The fourth-order valence-electron chi connectivity index (χ4n) is 3.26. The Morgan fingerprint density at radius 1 is 1.00 bits per heavy atom. The summed E-state index contributed by atoms with van der Waals surface area (Å²) in [5, 5.41) is 3.62. The second-order valence-corrected chi connectivity index (χ2v) is 8.99. The highest BCUT2D eigenvalue weighted by Gasteiger charge is 2.23. The number of nitrogens with one attached hydrogen (secondary N) is 1. The Morgan fingerprint density at radius 2 is 1.65 bits per heavy atom. The second kappa shape index (κ2) is 7.25. The molecule has 0 aromatic heterocycles. The van der Waals surface area contributed by atoms with Crippen LogP contribution in [0.15, 0.2) is 18.2 Å². The first-order valence-electron chi connectivity index (χ1n) is 9.19. The van der Waals surface area contributed by atoms with Gasteiger partial charge in [0.25, 0.3) is 0 Å². The molecule has 0 spiro atoms. The summed E-state index contributed by atoms with van der Waals surface area (Å²) in [6, 6.07) is 7.43. The van der Waals surface area contributed by atoms with Crippen LogP contribution in [0.2, 0.25) is 0 Å². The van der Waals surface area contributed by atoms with Crippen LogP contribution in [0.4, 0.5) is 0 Å². The van der Waals surface area contributed by atoms with E-state index in [4.69, 9.17) is 4.74 Å². The first-order chi connectivity index (χ1) is 10.7. The van der Waals surface area contributed by atoms with Gasteiger partial charge in [0.05, 0.1) is 0 Å². The molecule has 0 aliphatic heterocycles. The molecule has 0 heterocycles. The molecule has 1 aromatic carbocycles. The van der Waals surface area contributed by atoms with Gasteiger partial charge in [-0.2, -0.15) is 0 Å². The van der Waals surface area contributed by atoms with E-state index in [1.165, 1.54) is 36.8 Å². The molecular formula is C21H35NO. The quantitative estimate of drug-likeness (QED) is 0.754. The van der Waals surface area contributed by atoms with Crippen LogP contribution >= 0.6 is 0 Å². The van der Waals surface area contributed by atoms with Crippen molar-refractivity contribution < 1.29 is 4.74 Å². The van der Waals surface area contributed by atoms with E-state index in [1.54, 1.807) is 0 Å². The molecule has 1 aliphatic rings. The monoisotopic (exact) mass is 317 g/mol. The Labute approximate surface area is 143 Å². The van der Waals surface area contributed by atoms with E-state index in [9.17, 15) is 0 Å². The summed E-state index contributed by atoms with van der Waals surface area (Å²) in [6.45, 7) is 15.3. The van der Waals surface area contributed by atoms with Crippen molar-refractivity contribution in [3.05, 3.63) is 29.3 Å². The zero-order valence-corrected chi connectivity index (χ0v) is 16.0. The molecule has 0 unspecified atom stereocenters. The highest BCUT2D eigenvalue weighted by molar-refractivity contribution is 5.43. The van der Waals surface area contributed by atoms with Crippen molar-refractivity contribution in [1.29, 1.82) is 0 Å². The third-order valence-corrected chi connectivity index (χ3v) is 4.80. The summed E-state index contributed by atoms with van der Waals surface area (Å²) in [5.41, 5.74) is 2.95. The Morgan fingerprint density at radius 3 is 2.22 bits per heavy atom. The van der Waals surface area contributed by atoms with E-state index in [0.717, 1.165) is 18.9 Å². The molecule has 2 heteroatoms. The minimum atomic E-state index is 0.0927. The summed E-state index contributed by atoms with van der Waals surface area (Å²) in [7, 11) is 0. The Balaban J connectivity index is 2.02.